The highest BCUT2D eigenvalue weighted by molar-refractivity contribution is 9.10. The maximum Gasteiger partial charge on any atom is 0.264 e. The molecule has 0 aromatic heterocycles. The van der Waals surface area contributed by atoms with Crippen molar-refractivity contribution >= 4 is 68.1 Å². The summed E-state index contributed by atoms with van der Waals surface area (Å²) in [5, 5.41) is 12.6. The second-order valence-electron chi connectivity index (χ2n) is 7.26. The molecule has 0 radical (unpaired) electrons. The fraction of sp³-hybridized carbons (Fsp3) is 0.130. The normalized spacial score (nSPS) is 17.7. The molecule has 0 bridgehead atoms. The minimum Gasteiger partial charge on any atom is -0.375 e. The van der Waals surface area contributed by atoms with E-state index in [2.05, 4.69) is 15.9 Å². The fourth-order valence-electron chi connectivity index (χ4n) is 3.67. The molecule has 31 heavy (non-hydrogen) atoms. The second-order valence-corrected chi connectivity index (χ2v) is 9.46. The van der Waals surface area contributed by atoms with E-state index in [0.717, 1.165) is 5.56 Å². The molecular weight excluding hydrogens is 525 g/mol. The SMILES string of the molecule is O=C(CC1(O)C(=O)N(Cc2ccc(Cl)cc2)c2ccc(Br)cc21)c1ccc(Cl)cc1Cl. The number of rotatable bonds is 5. The molecular formula is C23H15BrCl3NO3. The van der Waals surface area contributed by atoms with Gasteiger partial charge in [-0.1, -0.05) is 62.9 Å². The zero-order valence-corrected chi connectivity index (χ0v) is 19.8. The van der Waals surface area contributed by atoms with E-state index < -0.39 is 23.7 Å². The average molecular weight is 540 g/mol. The molecule has 0 fully saturated rings. The monoisotopic (exact) mass is 537 g/mol. The first-order chi connectivity index (χ1) is 14.7. The predicted molar refractivity (Wildman–Crippen MR) is 126 cm³/mol. The van der Waals surface area contributed by atoms with Gasteiger partial charge in [-0.2, -0.15) is 0 Å². The molecule has 0 aliphatic carbocycles. The number of halogens is 4. The molecule has 158 valence electrons. The number of carbonyl (C=O) groups is 2. The fourth-order valence-corrected chi connectivity index (χ4v) is 4.67. The molecule has 1 aliphatic heterocycles. The predicted octanol–water partition coefficient (Wildman–Crippen LogP) is 6.42. The third-order valence-electron chi connectivity index (χ3n) is 5.20. The third kappa shape index (κ3) is 4.26. The molecule has 1 heterocycles. The van der Waals surface area contributed by atoms with Crippen LogP contribution in [0.2, 0.25) is 15.1 Å². The van der Waals surface area contributed by atoms with Crippen LogP contribution in [-0.2, 0) is 16.9 Å². The van der Waals surface area contributed by atoms with E-state index in [1.54, 1.807) is 36.4 Å². The number of fused-ring (bicyclic) bond motifs is 1. The number of hydrogen-bond donors (Lipinski definition) is 1. The van der Waals surface area contributed by atoms with Crippen molar-refractivity contribution in [2.75, 3.05) is 4.90 Å². The summed E-state index contributed by atoms with van der Waals surface area (Å²) in [6.07, 6.45) is -0.451. The van der Waals surface area contributed by atoms with Crippen LogP contribution in [0.4, 0.5) is 5.69 Å². The first-order valence-electron chi connectivity index (χ1n) is 9.26. The average Bonchev–Trinajstić information content (AvgIpc) is 2.91. The third-order valence-corrected chi connectivity index (χ3v) is 6.49. The smallest absolute Gasteiger partial charge is 0.264 e. The Morgan fingerprint density at radius 2 is 1.65 bits per heavy atom. The molecule has 1 atom stereocenters. The van der Waals surface area contributed by atoms with Gasteiger partial charge in [0.25, 0.3) is 5.91 Å². The molecule has 3 aromatic carbocycles. The lowest BCUT2D eigenvalue weighted by Crippen LogP contribution is -2.41. The van der Waals surface area contributed by atoms with Crippen LogP contribution in [0.5, 0.6) is 0 Å². The van der Waals surface area contributed by atoms with E-state index in [1.165, 1.54) is 17.0 Å². The van der Waals surface area contributed by atoms with Gasteiger partial charge in [0.15, 0.2) is 11.4 Å². The number of nitrogens with zero attached hydrogens (tertiary/aromatic N) is 1. The van der Waals surface area contributed by atoms with Crippen LogP contribution in [0.1, 0.15) is 27.9 Å². The number of amides is 1. The molecule has 0 spiro atoms. The second kappa shape index (κ2) is 8.57. The van der Waals surface area contributed by atoms with Crippen molar-refractivity contribution in [3.05, 3.63) is 96.9 Å². The van der Waals surface area contributed by atoms with Gasteiger partial charge in [0, 0.05) is 25.6 Å². The van der Waals surface area contributed by atoms with Gasteiger partial charge in [0.1, 0.15) is 0 Å². The molecule has 4 rings (SSSR count). The maximum absolute atomic E-state index is 13.4. The van der Waals surface area contributed by atoms with Crippen LogP contribution in [0.3, 0.4) is 0 Å². The van der Waals surface area contributed by atoms with Crippen molar-refractivity contribution in [1.29, 1.82) is 0 Å². The largest absolute Gasteiger partial charge is 0.375 e. The van der Waals surface area contributed by atoms with E-state index in [9.17, 15) is 14.7 Å². The van der Waals surface area contributed by atoms with Gasteiger partial charge in [-0.15, -0.1) is 0 Å². The van der Waals surface area contributed by atoms with Crippen LogP contribution >= 0.6 is 50.7 Å². The quantitative estimate of drug-likeness (QED) is 0.381. The van der Waals surface area contributed by atoms with Crippen LogP contribution in [0.25, 0.3) is 0 Å². The lowest BCUT2D eigenvalue weighted by Gasteiger charge is -2.23. The first-order valence-corrected chi connectivity index (χ1v) is 11.2. The summed E-state index contributed by atoms with van der Waals surface area (Å²) in [5.74, 6) is -1.04. The lowest BCUT2D eigenvalue weighted by atomic mass is 9.88. The van der Waals surface area contributed by atoms with Crippen LogP contribution in [-0.4, -0.2) is 16.8 Å². The van der Waals surface area contributed by atoms with Gasteiger partial charge < -0.3 is 10.0 Å². The summed E-state index contributed by atoms with van der Waals surface area (Å²) in [7, 11) is 0. The Bertz CT molecular complexity index is 1200. The topological polar surface area (TPSA) is 57.6 Å². The van der Waals surface area contributed by atoms with Gasteiger partial charge >= 0.3 is 0 Å². The first kappa shape index (κ1) is 22.3. The van der Waals surface area contributed by atoms with Crippen molar-refractivity contribution in [2.24, 2.45) is 0 Å². The zero-order valence-electron chi connectivity index (χ0n) is 15.9. The Balaban J connectivity index is 1.71. The van der Waals surface area contributed by atoms with Crippen LogP contribution < -0.4 is 4.90 Å². The van der Waals surface area contributed by atoms with Crippen molar-refractivity contribution in [3.63, 3.8) is 0 Å². The number of aliphatic hydroxyl groups is 1. The minimum absolute atomic E-state index is 0.166. The molecule has 1 amide bonds. The maximum atomic E-state index is 13.4. The summed E-state index contributed by atoms with van der Waals surface area (Å²) in [6.45, 7) is 0.225. The number of Topliss-reactive ketones (excluding diaryl/α,β-unsaturated/α-hetero) is 1. The Hall–Kier alpha value is -1.89. The minimum atomic E-state index is -2.02. The molecule has 4 nitrogen and oxygen atoms in total. The van der Waals surface area contributed by atoms with Gasteiger partial charge in [-0.3, -0.25) is 9.59 Å². The van der Waals surface area contributed by atoms with Gasteiger partial charge in [0.2, 0.25) is 0 Å². The Kier molecular flexibility index (Phi) is 6.16. The zero-order chi connectivity index (χ0) is 22.3. The number of benzene rings is 3. The van der Waals surface area contributed by atoms with E-state index in [4.69, 9.17) is 34.8 Å². The van der Waals surface area contributed by atoms with E-state index in [0.29, 0.717) is 25.8 Å². The van der Waals surface area contributed by atoms with E-state index in [-0.39, 0.29) is 17.1 Å². The lowest BCUT2D eigenvalue weighted by molar-refractivity contribution is -0.136. The van der Waals surface area contributed by atoms with Gasteiger partial charge in [-0.25, -0.2) is 0 Å². The van der Waals surface area contributed by atoms with Crippen LogP contribution in [0, 0.1) is 0 Å². The highest BCUT2D eigenvalue weighted by atomic mass is 79.9. The molecule has 1 N–H and O–H groups in total. The van der Waals surface area contributed by atoms with Crippen molar-refractivity contribution in [2.45, 2.75) is 18.6 Å². The molecule has 0 saturated carbocycles. The van der Waals surface area contributed by atoms with Gasteiger partial charge in [0.05, 0.1) is 23.7 Å². The van der Waals surface area contributed by atoms with Crippen molar-refractivity contribution < 1.29 is 14.7 Å². The summed E-state index contributed by atoms with van der Waals surface area (Å²) in [4.78, 5) is 27.9. The van der Waals surface area contributed by atoms with Crippen molar-refractivity contribution in [1.82, 2.24) is 0 Å². The molecule has 0 saturated heterocycles. The standard InChI is InChI=1S/C23H15BrCl3NO3/c24-14-3-8-20-18(9-14)23(31,11-21(29)17-7-6-16(26)10-19(17)27)22(30)28(20)12-13-1-4-15(25)5-2-13/h1-10,31H,11-12H2. The van der Waals surface area contributed by atoms with E-state index in [1.807, 2.05) is 12.1 Å². The highest BCUT2D eigenvalue weighted by Gasteiger charge is 2.51. The van der Waals surface area contributed by atoms with Gasteiger partial charge in [-0.05, 0) is 54.1 Å². The number of carbonyl (C=O) groups excluding carboxylic acids is 2. The molecule has 1 aliphatic rings. The van der Waals surface area contributed by atoms with Crippen LogP contribution in [0.15, 0.2) is 65.1 Å². The number of ketones is 1. The summed E-state index contributed by atoms with van der Waals surface area (Å²) < 4.78 is 0.683. The van der Waals surface area contributed by atoms with Crippen molar-refractivity contribution in [3.8, 4) is 0 Å². The summed E-state index contributed by atoms with van der Waals surface area (Å²) in [6, 6.07) is 16.8. The number of anilines is 1. The highest BCUT2D eigenvalue weighted by Crippen LogP contribution is 2.45. The Morgan fingerprint density at radius 3 is 2.32 bits per heavy atom. The Labute approximate surface area is 202 Å². The number of hydrogen-bond acceptors (Lipinski definition) is 3. The summed E-state index contributed by atoms with van der Waals surface area (Å²) >= 11 is 21.4. The molecule has 1 unspecified atom stereocenters. The molecule has 8 heteroatoms. The Morgan fingerprint density at radius 1 is 0.968 bits per heavy atom. The van der Waals surface area contributed by atoms with E-state index >= 15 is 0 Å². The molecule has 3 aromatic rings. The summed E-state index contributed by atoms with van der Waals surface area (Å²) in [5.41, 5.74) is -0.0890.